The number of ether oxygens (including phenoxy) is 1. The van der Waals surface area contributed by atoms with Crippen LogP contribution in [-0.4, -0.2) is 83.0 Å². The molecule has 8 nitrogen and oxygen atoms in total. The fourth-order valence-electron chi connectivity index (χ4n) is 6.29. The number of anilines is 1. The summed E-state index contributed by atoms with van der Waals surface area (Å²) >= 11 is 3.59. The summed E-state index contributed by atoms with van der Waals surface area (Å²) in [5, 5.41) is 4.88. The van der Waals surface area contributed by atoms with Crippen LogP contribution in [0.1, 0.15) is 45.3 Å². The molecule has 4 heterocycles. The molecule has 2 fully saturated rings. The third-order valence-corrected chi connectivity index (χ3v) is 9.15. The number of pyridine rings is 1. The molecule has 6 rings (SSSR count). The van der Waals surface area contributed by atoms with E-state index in [2.05, 4.69) is 86.7 Å². The first-order valence-electron chi connectivity index (χ1n) is 15.2. The second-order valence-electron chi connectivity index (χ2n) is 11.4. The molecule has 2 aliphatic rings. The van der Waals surface area contributed by atoms with Crippen molar-refractivity contribution in [2.45, 2.75) is 32.7 Å². The van der Waals surface area contributed by atoms with Gasteiger partial charge in [0.15, 0.2) is 0 Å². The van der Waals surface area contributed by atoms with Crippen LogP contribution in [0, 0.1) is 13.8 Å². The Morgan fingerprint density at radius 2 is 1.79 bits per heavy atom. The number of rotatable bonds is 8. The Hall–Kier alpha value is -3.53. The second-order valence-corrected chi connectivity index (χ2v) is 12.3. The zero-order valence-corrected chi connectivity index (χ0v) is 26.5. The maximum Gasteiger partial charge on any atom is 0.255 e. The quantitative estimate of drug-likeness (QED) is 0.249. The number of benzene rings is 2. The number of morpholine rings is 1. The van der Waals surface area contributed by atoms with Crippen molar-refractivity contribution in [2.75, 3.05) is 57.4 Å². The van der Waals surface area contributed by atoms with Crippen molar-refractivity contribution in [2.24, 2.45) is 0 Å². The average Bonchev–Trinajstić information content (AvgIpc) is 3.34. The van der Waals surface area contributed by atoms with E-state index >= 15 is 0 Å². The van der Waals surface area contributed by atoms with Crippen LogP contribution in [0.15, 0.2) is 77.4 Å². The number of nitrogens with zero attached hydrogens (tertiary/aromatic N) is 6. The van der Waals surface area contributed by atoms with Gasteiger partial charge in [0, 0.05) is 49.1 Å². The van der Waals surface area contributed by atoms with E-state index in [1.165, 1.54) is 16.8 Å². The highest BCUT2D eigenvalue weighted by Gasteiger charge is 2.29. The van der Waals surface area contributed by atoms with Crippen molar-refractivity contribution in [3.05, 3.63) is 105 Å². The summed E-state index contributed by atoms with van der Waals surface area (Å²) in [4.78, 5) is 24.5. The van der Waals surface area contributed by atoms with E-state index in [-0.39, 0.29) is 11.9 Å². The molecular weight excluding hydrogens is 604 g/mol. The molecule has 224 valence electrons. The summed E-state index contributed by atoms with van der Waals surface area (Å²) in [5.41, 5.74) is 6.68. The van der Waals surface area contributed by atoms with Gasteiger partial charge in [-0.05, 0) is 74.7 Å². The molecule has 9 heteroatoms. The predicted octanol–water partition coefficient (Wildman–Crippen LogP) is 5.62. The highest BCUT2D eigenvalue weighted by molar-refractivity contribution is 9.10. The Labute approximate surface area is 262 Å². The van der Waals surface area contributed by atoms with Gasteiger partial charge in [0.05, 0.1) is 36.2 Å². The van der Waals surface area contributed by atoms with E-state index in [9.17, 15) is 4.79 Å². The van der Waals surface area contributed by atoms with Gasteiger partial charge < -0.3 is 14.5 Å². The molecule has 2 aliphatic heterocycles. The third kappa shape index (κ3) is 6.69. The van der Waals surface area contributed by atoms with Gasteiger partial charge in [-0.3, -0.25) is 9.69 Å². The number of aryl methyl sites for hydroxylation is 1. The van der Waals surface area contributed by atoms with Gasteiger partial charge in [-0.15, -0.1) is 0 Å². The number of amides is 1. The van der Waals surface area contributed by atoms with Crippen LogP contribution in [0.25, 0.3) is 5.69 Å². The van der Waals surface area contributed by atoms with Crippen molar-refractivity contribution < 1.29 is 9.53 Å². The molecule has 1 unspecified atom stereocenters. The van der Waals surface area contributed by atoms with Crippen molar-refractivity contribution in [3.8, 4) is 5.69 Å². The van der Waals surface area contributed by atoms with E-state index in [1.807, 2.05) is 29.2 Å². The number of halogens is 1. The first kappa shape index (κ1) is 29.5. The van der Waals surface area contributed by atoms with Crippen LogP contribution < -0.4 is 4.90 Å². The monoisotopic (exact) mass is 642 g/mol. The Morgan fingerprint density at radius 3 is 2.53 bits per heavy atom. The van der Waals surface area contributed by atoms with E-state index in [0.717, 1.165) is 60.7 Å². The summed E-state index contributed by atoms with van der Waals surface area (Å²) in [6, 6.07) is 23.3. The topological polar surface area (TPSA) is 66.7 Å². The molecule has 1 atom stereocenters. The summed E-state index contributed by atoms with van der Waals surface area (Å²) < 4.78 is 8.51. The molecule has 0 spiro atoms. The molecule has 4 aromatic rings. The lowest BCUT2D eigenvalue weighted by atomic mass is 10.0. The second kappa shape index (κ2) is 13.4. The largest absolute Gasteiger partial charge is 0.378 e. The lowest BCUT2D eigenvalue weighted by Gasteiger charge is -2.42. The molecule has 2 saturated heterocycles. The minimum absolute atomic E-state index is 0.0296. The molecule has 1 amide bonds. The first-order valence-corrected chi connectivity index (χ1v) is 16.0. The fourth-order valence-corrected chi connectivity index (χ4v) is 6.68. The highest BCUT2D eigenvalue weighted by atomic mass is 79.9. The Kier molecular flexibility index (Phi) is 9.21. The van der Waals surface area contributed by atoms with Gasteiger partial charge in [-0.2, -0.15) is 5.10 Å². The normalized spacial score (nSPS) is 17.8. The summed E-state index contributed by atoms with van der Waals surface area (Å²) in [7, 11) is 0. The molecule has 2 aromatic heterocycles. The fraction of sp³-hybridized carbons (Fsp3) is 0.382. The van der Waals surface area contributed by atoms with Crippen LogP contribution >= 0.6 is 15.9 Å². The van der Waals surface area contributed by atoms with E-state index in [1.54, 1.807) is 6.20 Å². The third-order valence-electron chi connectivity index (χ3n) is 8.66. The van der Waals surface area contributed by atoms with Crippen molar-refractivity contribution in [3.63, 3.8) is 0 Å². The van der Waals surface area contributed by atoms with Gasteiger partial charge in [-0.1, -0.05) is 52.3 Å². The molecule has 0 bridgehead atoms. The number of hydrogen-bond acceptors (Lipinski definition) is 6. The highest BCUT2D eigenvalue weighted by Crippen LogP contribution is 2.29. The maximum absolute atomic E-state index is 12.9. The van der Waals surface area contributed by atoms with Crippen LogP contribution in [0.3, 0.4) is 0 Å². The van der Waals surface area contributed by atoms with Crippen LogP contribution in [0.2, 0.25) is 0 Å². The number of hydrogen-bond donors (Lipinski definition) is 0. The Morgan fingerprint density at radius 1 is 0.977 bits per heavy atom. The van der Waals surface area contributed by atoms with Crippen molar-refractivity contribution in [1.82, 2.24) is 24.6 Å². The van der Waals surface area contributed by atoms with Crippen LogP contribution in [0.5, 0.6) is 0 Å². The number of aromatic nitrogens is 3. The zero-order valence-electron chi connectivity index (χ0n) is 25.0. The maximum atomic E-state index is 12.9. The average molecular weight is 644 g/mol. The summed E-state index contributed by atoms with van der Waals surface area (Å²) in [6.45, 7) is 10.5. The van der Waals surface area contributed by atoms with E-state index in [0.29, 0.717) is 31.9 Å². The minimum atomic E-state index is 0.0296. The van der Waals surface area contributed by atoms with E-state index < -0.39 is 0 Å². The molecular formula is C34H39BrN6O2. The van der Waals surface area contributed by atoms with Gasteiger partial charge in [0.25, 0.3) is 5.91 Å². The predicted molar refractivity (Wildman–Crippen MR) is 173 cm³/mol. The number of carbonyl (C=O) groups excluding carboxylic acids is 1. The van der Waals surface area contributed by atoms with Gasteiger partial charge >= 0.3 is 0 Å². The molecule has 0 radical (unpaired) electrons. The van der Waals surface area contributed by atoms with Crippen LogP contribution in [0.4, 0.5) is 5.82 Å². The molecule has 43 heavy (non-hydrogen) atoms. The molecule has 0 N–H and O–H groups in total. The number of carbonyl (C=O) groups is 1. The van der Waals surface area contributed by atoms with Crippen LogP contribution in [-0.2, 0) is 11.2 Å². The molecule has 2 aromatic carbocycles. The van der Waals surface area contributed by atoms with Gasteiger partial charge in [0.2, 0.25) is 0 Å². The number of piperazine rings is 1. The Balaban J connectivity index is 1.12. The summed E-state index contributed by atoms with van der Waals surface area (Å²) in [6.07, 6.45) is 3.79. The van der Waals surface area contributed by atoms with Crippen molar-refractivity contribution >= 4 is 27.7 Å². The smallest absolute Gasteiger partial charge is 0.255 e. The standard InChI is InChI=1S/C34H39BrN6O2/c1-25-31(26(2)41(37-25)30-11-6-10-29(35)22-30)12-7-15-38-16-17-40(24-32(38)27-8-4-3-5-9-27)33-14-13-28(23-36-33)34(42)39-18-20-43-21-19-39/h3-6,8-11,13-14,22-23,32H,7,12,15-21,24H2,1-2H3. The van der Waals surface area contributed by atoms with Gasteiger partial charge in [-0.25, -0.2) is 9.67 Å². The first-order chi connectivity index (χ1) is 21.0. The molecule has 0 aliphatic carbocycles. The molecule has 0 saturated carbocycles. The van der Waals surface area contributed by atoms with Gasteiger partial charge in [0.1, 0.15) is 5.82 Å². The zero-order chi connectivity index (χ0) is 29.8. The minimum Gasteiger partial charge on any atom is -0.378 e. The lowest BCUT2D eigenvalue weighted by molar-refractivity contribution is 0.0302. The summed E-state index contributed by atoms with van der Waals surface area (Å²) in [5.74, 6) is 0.951. The van der Waals surface area contributed by atoms with Crippen molar-refractivity contribution in [1.29, 1.82) is 0 Å². The lowest BCUT2D eigenvalue weighted by Crippen LogP contribution is -2.49. The Bertz CT molecular complexity index is 1530. The SMILES string of the molecule is Cc1nn(-c2cccc(Br)c2)c(C)c1CCCN1CCN(c2ccc(C(=O)N3CCOCC3)cn2)CC1c1ccccc1. The van der Waals surface area contributed by atoms with E-state index in [4.69, 9.17) is 14.8 Å².